The van der Waals surface area contributed by atoms with Crippen molar-refractivity contribution in [3.8, 4) is 11.5 Å². The Hall–Kier alpha value is -3.48. The van der Waals surface area contributed by atoms with Crippen LogP contribution in [0.1, 0.15) is 18.1 Å². The first-order valence-corrected chi connectivity index (χ1v) is 11.1. The molecule has 6 nitrogen and oxygen atoms in total. The van der Waals surface area contributed by atoms with E-state index in [-0.39, 0.29) is 6.61 Å². The van der Waals surface area contributed by atoms with Gasteiger partial charge in [-0.25, -0.2) is 4.79 Å². The molecule has 3 aromatic carbocycles. The number of benzene rings is 3. The van der Waals surface area contributed by atoms with E-state index >= 15 is 0 Å². The lowest BCUT2D eigenvalue weighted by molar-refractivity contribution is -0.148. The third kappa shape index (κ3) is 7.01. The van der Waals surface area contributed by atoms with Crippen molar-refractivity contribution in [1.29, 1.82) is 0 Å². The minimum absolute atomic E-state index is 0.231. The van der Waals surface area contributed by atoms with Gasteiger partial charge in [0.05, 0.1) is 12.8 Å². The summed E-state index contributed by atoms with van der Waals surface area (Å²) < 4.78 is 16.1. The number of amides is 1. The molecule has 1 unspecified atom stereocenters. The zero-order valence-electron chi connectivity index (χ0n) is 18.6. The van der Waals surface area contributed by atoms with E-state index in [0.717, 1.165) is 5.56 Å². The van der Waals surface area contributed by atoms with Crippen LogP contribution in [0.25, 0.3) is 6.08 Å². The zero-order chi connectivity index (χ0) is 24.5. The lowest BCUT2D eigenvalue weighted by atomic mass is 10.2. The lowest BCUT2D eigenvalue weighted by Gasteiger charge is -2.14. The highest BCUT2D eigenvalue weighted by Crippen LogP contribution is 2.26. The first-order valence-electron chi connectivity index (χ1n) is 10.4. The van der Waals surface area contributed by atoms with E-state index < -0.39 is 18.0 Å². The van der Waals surface area contributed by atoms with Gasteiger partial charge < -0.3 is 19.5 Å². The SMILES string of the molecule is COc1ccccc1NC(=O)C(C)OC(=O)C=Cc1ccc(OCc2c(Cl)cccc2Cl)cc1. The van der Waals surface area contributed by atoms with E-state index in [2.05, 4.69) is 5.32 Å². The number of para-hydroxylation sites is 2. The molecule has 0 heterocycles. The van der Waals surface area contributed by atoms with E-state index in [1.807, 2.05) is 0 Å². The maximum atomic E-state index is 12.3. The third-order valence-corrected chi connectivity index (χ3v) is 5.47. The highest BCUT2D eigenvalue weighted by Gasteiger charge is 2.18. The molecule has 8 heteroatoms. The fourth-order valence-corrected chi connectivity index (χ4v) is 3.42. The van der Waals surface area contributed by atoms with Crippen LogP contribution in [0.4, 0.5) is 5.69 Å². The number of halogens is 2. The number of anilines is 1. The summed E-state index contributed by atoms with van der Waals surface area (Å²) in [4.78, 5) is 24.5. The van der Waals surface area contributed by atoms with E-state index in [1.54, 1.807) is 72.8 Å². The first-order chi connectivity index (χ1) is 16.4. The van der Waals surface area contributed by atoms with Crippen molar-refractivity contribution in [1.82, 2.24) is 0 Å². The number of ether oxygens (including phenoxy) is 3. The van der Waals surface area contributed by atoms with Gasteiger partial charge in [0.25, 0.3) is 5.91 Å². The van der Waals surface area contributed by atoms with Crippen LogP contribution in [0.2, 0.25) is 10.0 Å². The van der Waals surface area contributed by atoms with Gasteiger partial charge in [-0.05, 0) is 55.0 Å². The summed E-state index contributed by atoms with van der Waals surface area (Å²) in [6, 6.07) is 19.3. The van der Waals surface area contributed by atoms with Crippen molar-refractivity contribution in [2.45, 2.75) is 19.6 Å². The molecule has 176 valence electrons. The summed E-state index contributed by atoms with van der Waals surface area (Å²) in [5.74, 6) is 0.0248. The molecule has 3 rings (SSSR count). The molecule has 0 aliphatic rings. The van der Waals surface area contributed by atoms with Crippen molar-refractivity contribution in [3.63, 3.8) is 0 Å². The fourth-order valence-electron chi connectivity index (χ4n) is 2.91. The van der Waals surface area contributed by atoms with Crippen molar-refractivity contribution in [2.75, 3.05) is 12.4 Å². The average Bonchev–Trinajstić information content (AvgIpc) is 2.83. The molecule has 0 aliphatic carbocycles. The molecule has 0 saturated heterocycles. The Balaban J connectivity index is 1.50. The number of hydrogen-bond acceptors (Lipinski definition) is 5. The number of carbonyl (C=O) groups is 2. The first kappa shape index (κ1) is 25.1. The maximum Gasteiger partial charge on any atom is 0.331 e. The molecule has 3 aromatic rings. The summed E-state index contributed by atoms with van der Waals surface area (Å²) in [7, 11) is 1.51. The van der Waals surface area contributed by atoms with Crippen molar-refractivity contribution < 1.29 is 23.8 Å². The Morgan fingerprint density at radius 3 is 2.32 bits per heavy atom. The Morgan fingerprint density at radius 1 is 0.971 bits per heavy atom. The lowest BCUT2D eigenvalue weighted by Crippen LogP contribution is -2.29. The van der Waals surface area contributed by atoms with Gasteiger partial charge in [0, 0.05) is 21.7 Å². The van der Waals surface area contributed by atoms with Crippen molar-refractivity contribution >= 4 is 46.8 Å². The topological polar surface area (TPSA) is 73.9 Å². The molecule has 0 bridgehead atoms. The normalized spacial score (nSPS) is 11.6. The molecular formula is C26H23Cl2NO5. The molecule has 0 saturated carbocycles. The van der Waals surface area contributed by atoms with Crippen LogP contribution in [0.5, 0.6) is 11.5 Å². The number of nitrogens with one attached hydrogen (secondary N) is 1. The average molecular weight is 500 g/mol. The van der Waals surface area contributed by atoms with Gasteiger partial charge in [-0.2, -0.15) is 0 Å². The van der Waals surface area contributed by atoms with Crippen molar-refractivity contribution in [2.24, 2.45) is 0 Å². The molecule has 34 heavy (non-hydrogen) atoms. The second-order valence-corrected chi connectivity index (χ2v) is 7.97. The number of hydrogen-bond donors (Lipinski definition) is 1. The van der Waals surface area contributed by atoms with E-state index in [9.17, 15) is 9.59 Å². The van der Waals surface area contributed by atoms with Crippen LogP contribution >= 0.6 is 23.2 Å². The highest BCUT2D eigenvalue weighted by molar-refractivity contribution is 6.35. The van der Waals surface area contributed by atoms with Gasteiger partial charge in [-0.3, -0.25) is 4.79 Å². The van der Waals surface area contributed by atoms with Gasteiger partial charge in [-0.1, -0.05) is 53.5 Å². The molecule has 1 N–H and O–H groups in total. The molecule has 1 atom stereocenters. The Kier molecular flexibility index (Phi) is 8.96. The monoisotopic (exact) mass is 499 g/mol. The minimum Gasteiger partial charge on any atom is -0.495 e. The summed E-state index contributed by atoms with van der Waals surface area (Å²) in [5, 5.41) is 3.76. The van der Waals surface area contributed by atoms with Crippen LogP contribution in [-0.4, -0.2) is 25.1 Å². The smallest absolute Gasteiger partial charge is 0.331 e. The number of rotatable bonds is 9. The zero-order valence-corrected chi connectivity index (χ0v) is 20.1. The second kappa shape index (κ2) is 12.1. The van der Waals surface area contributed by atoms with Gasteiger partial charge in [-0.15, -0.1) is 0 Å². The standard InChI is InChI=1S/C26H23Cl2NO5/c1-17(26(31)29-23-8-3-4-9-24(23)32-2)34-25(30)15-12-18-10-13-19(14-11-18)33-16-20-21(27)6-5-7-22(20)28/h3-15,17H,16H2,1-2H3,(H,29,31). The van der Waals surface area contributed by atoms with Crippen LogP contribution in [0.3, 0.4) is 0 Å². The Labute approximate surface area is 208 Å². The summed E-state index contributed by atoms with van der Waals surface area (Å²) in [6.45, 7) is 1.72. The van der Waals surface area contributed by atoms with Crippen LogP contribution in [-0.2, 0) is 20.9 Å². The van der Waals surface area contributed by atoms with Crippen LogP contribution in [0.15, 0.2) is 72.8 Å². The molecule has 0 aliphatic heterocycles. The van der Waals surface area contributed by atoms with Gasteiger partial charge in [0.15, 0.2) is 6.10 Å². The van der Waals surface area contributed by atoms with Gasteiger partial charge >= 0.3 is 5.97 Å². The molecule has 0 radical (unpaired) electrons. The second-order valence-electron chi connectivity index (χ2n) is 7.16. The maximum absolute atomic E-state index is 12.3. The van der Waals surface area contributed by atoms with E-state index in [0.29, 0.717) is 32.8 Å². The minimum atomic E-state index is -0.991. The third-order valence-electron chi connectivity index (χ3n) is 4.76. The Bertz CT molecular complexity index is 1160. The summed E-state index contributed by atoms with van der Waals surface area (Å²) in [5.41, 5.74) is 1.96. The quantitative estimate of drug-likeness (QED) is 0.281. The summed E-state index contributed by atoms with van der Waals surface area (Å²) in [6.07, 6.45) is 1.85. The highest BCUT2D eigenvalue weighted by atomic mass is 35.5. The molecule has 0 spiro atoms. The van der Waals surface area contributed by atoms with Gasteiger partial charge in [0.2, 0.25) is 0 Å². The van der Waals surface area contributed by atoms with Gasteiger partial charge in [0.1, 0.15) is 18.1 Å². The predicted octanol–water partition coefficient (Wildman–Crippen LogP) is 6.16. The predicted molar refractivity (Wildman–Crippen MR) is 133 cm³/mol. The summed E-state index contributed by atoms with van der Waals surface area (Å²) >= 11 is 12.3. The van der Waals surface area contributed by atoms with E-state index in [4.69, 9.17) is 37.4 Å². The molecule has 0 aromatic heterocycles. The number of esters is 1. The molecular weight excluding hydrogens is 477 g/mol. The van der Waals surface area contributed by atoms with Crippen LogP contribution < -0.4 is 14.8 Å². The molecule has 1 amide bonds. The fraction of sp³-hybridized carbons (Fsp3) is 0.154. The van der Waals surface area contributed by atoms with E-state index in [1.165, 1.54) is 20.1 Å². The van der Waals surface area contributed by atoms with Crippen molar-refractivity contribution in [3.05, 3.63) is 94.0 Å². The van der Waals surface area contributed by atoms with Crippen LogP contribution in [0, 0.1) is 0 Å². The Morgan fingerprint density at radius 2 is 1.65 bits per heavy atom. The number of carbonyl (C=O) groups excluding carboxylic acids is 2. The number of methoxy groups -OCH3 is 1. The molecule has 0 fully saturated rings. The largest absolute Gasteiger partial charge is 0.495 e.